The Hall–Kier alpha value is -1.53. The topological polar surface area (TPSA) is 27.1 Å². The average molecular weight is 303 g/mol. The summed E-state index contributed by atoms with van der Waals surface area (Å²) in [6.07, 6.45) is -3.78. The molecule has 1 aliphatic heterocycles. The summed E-state index contributed by atoms with van der Waals surface area (Å²) < 4.78 is 44.8. The quantitative estimate of drug-likeness (QED) is 0.804. The molecule has 3 nitrogen and oxygen atoms in total. The monoisotopic (exact) mass is 302 g/mol. The second-order valence-electron chi connectivity index (χ2n) is 4.48. The number of hydrogen-bond donors (Lipinski definition) is 0. The number of alkyl halides is 3. The molecule has 7 heteroatoms. The normalized spacial score (nSPS) is 15.2. The van der Waals surface area contributed by atoms with E-state index in [0.717, 1.165) is 23.4 Å². The largest absolute Gasteiger partial charge is 0.416 e. The van der Waals surface area contributed by atoms with Gasteiger partial charge in [0.2, 0.25) is 0 Å². The summed E-state index contributed by atoms with van der Waals surface area (Å²) in [5.41, 5.74) is 1.09. The summed E-state index contributed by atoms with van der Waals surface area (Å²) in [5, 5.41) is 4.59. The van der Waals surface area contributed by atoms with Gasteiger partial charge in [-0.05, 0) is 18.2 Å². The van der Waals surface area contributed by atoms with Crippen molar-refractivity contribution >= 4 is 11.6 Å². The van der Waals surface area contributed by atoms with E-state index in [1.165, 1.54) is 10.7 Å². The van der Waals surface area contributed by atoms with E-state index in [9.17, 15) is 13.2 Å². The lowest BCUT2D eigenvalue weighted by molar-refractivity contribution is -0.137. The molecule has 20 heavy (non-hydrogen) atoms. The lowest BCUT2D eigenvalue weighted by Crippen LogP contribution is -2.08. The van der Waals surface area contributed by atoms with Gasteiger partial charge in [0.25, 0.3) is 0 Å². The third kappa shape index (κ3) is 2.29. The third-order valence-electron chi connectivity index (χ3n) is 3.15. The van der Waals surface area contributed by atoms with Crippen LogP contribution in [0.1, 0.15) is 16.8 Å². The second kappa shape index (κ2) is 4.79. The Morgan fingerprint density at radius 1 is 1.30 bits per heavy atom. The Morgan fingerprint density at radius 2 is 2.10 bits per heavy atom. The average Bonchev–Trinajstić information content (AvgIpc) is 2.76. The van der Waals surface area contributed by atoms with Gasteiger partial charge in [0.1, 0.15) is 5.15 Å². The lowest BCUT2D eigenvalue weighted by Gasteiger charge is -2.10. The van der Waals surface area contributed by atoms with Crippen molar-refractivity contribution in [3.8, 4) is 5.69 Å². The fourth-order valence-corrected chi connectivity index (χ4v) is 2.44. The van der Waals surface area contributed by atoms with Gasteiger partial charge in [-0.3, -0.25) is 0 Å². The van der Waals surface area contributed by atoms with Gasteiger partial charge < -0.3 is 4.74 Å². The molecule has 1 aliphatic rings. The van der Waals surface area contributed by atoms with Crippen LogP contribution in [0.2, 0.25) is 5.15 Å². The first-order chi connectivity index (χ1) is 9.47. The summed E-state index contributed by atoms with van der Waals surface area (Å²) in [7, 11) is 0. The molecule has 1 aromatic carbocycles. The van der Waals surface area contributed by atoms with Crippen LogP contribution in [0, 0.1) is 0 Å². The van der Waals surface area contributed by atoms with Crippen molar-refractivity contribution in [3.63, 3.8) is 0 Å². The molecule has 2 heterocycles. The van der Waals surface area contributed by atoms with E-state index in [1.807, 2.05) is 0 Å². The maximum atomic E-state index is 12.7. The highest BCUT2D eigenvalue weighted by molar-refractivity contribution is 6.30. The van der Waals surface area contributed by atoms with Crippen molar-refractivity contribution in [2.45, 2.75) is 19.2 Å². The van der Waals surface area contributed by atoms with E-state index in [1.54, 1.807) is 6.07 Å². The number of aromatic nitrogens is 2. The molecule has 0 atom stereocenters. The van der Waals surface area contributed by atoms with E-state index in [-0.39, 0.29) is 0 Å². The van der Waals surface area contributed by atoms with Crippen LogP contribution in [0.25, 0.3) is 5.69 Å². The molecule has 0 unspecified atom stereocenters. The predicted octanol–water partition coefficient (Wildman–Crippen LogP) is 3.62. The van der Waals surface area contributed by atoms with Crippen LogP contribution in [0.5, 0.6) is 0 Å². The first-order valence-electron chi connectivity index (χ1n) is 5.98. The zero-order valence-corrected chi connectivity index (χ0v) is 11.0. The standard InChI is InChI=1S/C13H10ClF3N2O/c14-12-10-7-20-5-4-11(10)18-19(12)9-3-1-2-8(6-9)13(15,16)17/h1-3,6H,4-5,7H2. The SMILES string of the molecule is FC(F)(F)c1cccc(-n2nc3c(c2Cl)COCC3)c1. The van der Waals surface area contributed by atoms with Crippen molar-refractivity contribution in [2.75, 3.05) is 6.61 Å². The van der Waals surface area contributed by atoms with Crippen LogP contribution in [0.4, 0.5) is 13.2 Å². The van der Waals surface area contributed by atoms with Crippen LogP contribution >= 0.6 is 11.6 Å². The predicted molar refractivity (Wildman–Crippen MR) is 66.9 cm³/mol. The number of benzene rings is 1. The summed E-state index contributed by atoms with van der Waals surface area (Å²) in [5.74, 6) is 0. The van der Waals surface area contributed by atoms with Gasteiger partial charge in [0.15, 0.2) is 0 Å². The fourth-order valence-electron chi connectivity index (χ4n) is 2.14. The zero-order valence-electron chi connectivity index (χ0n) is 10.2. The molecule has 2 aromatic rings. The summed E-state index contributed by atoms with van der Waals surface area (Å²) >= 11 is 6.18. The van der Waals surface area contributed by atoms with Gasteiger partial charge in [-0.25, -0.2) is 4.68 Å². The maximum absolute atomic E-state index is 12.7. The summed E-state index contributed by atoms with van der Waals surface area (Å²) in [4.78, 5) is 0. The van der Waals surface area contributed by atoms with Crippen molar-refractivity contribution in [2.24, 2.45) is 0 Å². The number of rotatable bonds is 1. The van der Waals surface area contributed by atoms with Gasteiger partial charge in [-0.1, -0.05) is 17.7 Å². The van der Waals surface area contributed by atoms with E-state index < -0.39 is 11.7 Å². The number of ether oxygens (including phenoxy) is 1. The minimum atomic E-state index is -4.39. The summed E-state index contributed by atoms with van der Waals surface area (Å²) in [6.45, 7) is 0.885. The van der Waals surface area contributed by atoms with Crippen LogP contribution in [-0.2, 0) is 23.9 Å². The van der Waals surface area contributed by atoms with Gasteiger partial charge in [0.05, 0.1) is 30.2 Å². The molecule has 106 valence electrons. The van der Waals surface area contributed by atoms with Crippen molar-refractivity contribution in [1.82, 2.24) is 9.78 Å². The number of halogens is 4. The Labute approximate surface area is 117 Å². The van der Waals surface area contributed by atoms with E-state index in [4.69, 9.17) is 16.3 Å². The lowest BCUT2D eigenvalue weighted by atomic mass is 10.2. The molecule has 1 aromatic heterocycles. The molecular weight excluding hydrogens is 293 g/mol. The molecule has 0 amide bonds. The van der Waals surface area contributed by atoms with Crippen molar-refractivity contribution < 1.29 is 17.9 Å². The van der Waals surface area contributed by atoms with E-state index in [0.29, 0.717) is 30.5 Å². The highest BCUT2D eigenvalue weighted by atomic mass is 35.5. The molecular formula is C13H10ClF3N2O. The first-order valence-corrected chi connectivity index (χ1v) is 6.36. The van der Waals surface area contributed by atoms with Crippen LogP contribution in [-0.4, -0.2) is 16.4 Å². The molecule has 0 N–H and O–H groups in total. The summed E-state index contributed by atoms with van der Waals surface area (Å²) in [6, 6.07) is 4.93. The van der Waals surface area contributed by atoms with Gasteiger partial charge >= 0.3 is 6.18 Å². The molecule has 0 saturated heterocycles. The van der Waals surface area contributed by atoms with Gasteiger partial charge in [-0.2, -0.15) is 18.3 Å². The minimum absolute atomic E-state index is 0.291. The van der Waals surface area contributed by atoms with E-state index >= 15 is 0 Å². The molecule has 0 radical (unpaired) electrons. The van der Waals surface area contributed by atoms with Crippen molar-refractivity contribution in [3.05, 3.63) is 46.2 Å². The Morgan fingerprint density at radius 3 is 2.80 bits per heavy atom. The second-order valence-corrected chi connectivity index (χ2v) is 4.84. The Bertz CT molecular complexity index is 652. The third-order valence-corrected chi connectivity index (χ3v) is 3.54. The molecule has 3 rings (SSSR count). The smallest absolute Gasteiger partial charge is 0.376 e. The number of nitrogens with zero attached hydrogens (tertiary/aromatic N) is 2. The minimum Gasteiger partial charge on any atom is -0.376 e. The van der Waals surface area contributed by atoms with Gasteiger partial charge in [0, 0.05) is 12.0 Å². The Balaban J connectivity index is 2.08. The van der Waals surface area contributed by atoms with Crippen LogP contribution in [0.15, 0.2) is 24.3 Å². The Kier molecular flexibility index (Phi) is 3.22. The highest BCUT2D eigenvalue weighted by Gasteiger charge is 2.31. The van der Waals surface area contributed by atoms with Crippen LogP contribution in [0.3, 0.4) is 0 Å². The highest BCUT2D eigenvalue weighted by Crippen LogP contribution is 2.32. The van der Waals surface area contributed by atoms with Crippen molar-refractivity contribution in [1.29, 1.82) is 0 Å². The molecule has 0 aliphatic carbocycles. The zero-order chi connectivity index (χ0) is 14.3. The maximum Gasteiger partial charge on any atom is 0.416 e. The first kappa shape index (κ1) is 13.5. The molecule has 0 bridgehead atoms. The molecule has 0 spiro atoms. The number of fused-ring (bicyclic) bond motifs is 1. The fraction of sp³-hybridized carbons (Fsp3) is 0.308. The van der Waals surface area contributed by atoms with E-state index in [2.05, 4.69) is 5.10 Å². The van der Waals surface area contributed by atoms with Gasteiger partial charge in [-0.15, -0.1) is 0 Å². The number of hydrogen-bond acceptors (Lipinski definition) is 2. The van der Waals surface area contributed by atoms with Crippen LogP contribution < -0.4 is 0 Å². The molecule has 0 saturated carbocycles. The molecule has 0 fully saturated rings.